The van der Waals surface area contributed by atoms with Gasteiger partial charge in [0.15, 0.2) is 0 Å². The molecule has 0 aliphatic heterocycles. The van der Waals surface area contributed by atoms with Crippen molar-refractivity contribution in [3.05, 3.63) is 64.0 Å². The van der Waals surface area contributed by atoms with E-state index in [9.17, 15) is 14.5 Å². The van der Waals surface area contributed by atoms with Crippen molar-refractivity contribution in [3.63, 3.8) is 0 Å². The third-order valence-corrected chi connectivity index (χ3v) is 3.98. The van der Waals surface area contributed by atoms with Crippen LogP contribution >= 0.6 is 11.8 Å². The van der Waals surface area contributed by atoms with Gasteiger partial charge < -0.3 is 4.90 Å². The number of nitro groups is 1. The van der Waals surface area contributed by atoms with Crippen LogP contribution in [0.3, 0.4) is 0 Å². The highest BCUT2D eigenvalue weighted by Crippen LogP contribution is 2.37. The SMILES string of the molecule is CN(C)Cc1ccccc1Sc1cccc(F)c1[N+](=O)[O-]. The van der Waals surface area contributed by atoms with Crippen molar-refractivity contribution in [1.82, 2.24) is 4.90 Å². The summed E-state index contributed by atoms with van der Waals surface area (Å²) in [6, 6.07) is 11.8. The van der Waals surface area contributed by atoms with E-state index in [0.29, 0.717) is 11.4 Å². The van der Waals surface area contributed by atoms with Crippen molar-refractivity contribution in [2.24, 2.45) is 0 Å². The minimum Gasteiger partial charge on any atom is -0.305 e. The zero-order valence-corrected chi connectivity index (χ0v) is 12.6. The summed E-state index contributed by atoms with van der Waals surface area (Å²) in [6.45, 7) is 0.715. The molecule has 0 heterocycles. The first-order valence-electron chi connectivity index (χ1n) is 6.32. The molecule has 0 fully saturated rings. The van der Waals surface area contributed by atoms with Crippen LogP contribution < -0.4 is 0 Å². The van der Waals surface area contributed by atoms with Gasteiger partial charge in [0.05, 0.1) is 9.82 Å². The van der Waals surface area contributed by atoms with E-state index in [0.717, 1.165) is 16.5 Å². The number of hydrogen-bond donors (Lipinski definition) is 0. The second kappa shape index (κ2) is 6.69. The molecule has 2 aromatic rings. The van der Waals surface area contributed by atoms with Crippen LogP contribution in [0.15, 0.2) is 52.3 Å². The highest BCUT2D eigenvalue weighted by Gasteiger charge is 2.21. The zero-order valence-electron chi connectivity index (χ0n) is 11.7. The number of para-hydroxylation sites is 1. The van der Waals surface area contributed by atoms with E-state index in [1.54, 1.807) is 6.07 Å². The zero-order chi connectivity index (χ0) is 15.4. The standard InChI is InChI=1S/C15H15FN2O2S/c1-17(2)10-11-6-3-4-8-13(11)21-14-9-5-7-12(16)15(14)18(19)20/h3-9H,10H2,1-2H3. The molecule has 0 aliphatic carbocycles. The van der Waals surface area contributed by atoms with Crippen molar-refractivity contribution >= 4 is 17.4 Å². The lowest BCUT2D eigenvalue weighted by atomic mass is 10.2. The number of benzene rings is 2. The molecule has 21 heavy (non-hydrogen) atoms. The topological polar surface area (TPSA) is 46.4 Å². The molecule has 2 aromatic carbocycles. The fraction of sp³-hybridized carbons (Fsp3) is 0.200. The molecule has 0 radical (unpaired) electrons. The van der Waals surface area contributed by atoms with Crippen LogP contribution in [0.1, 0.15) is 5.56 Å². The lowest BCUT2D eigenvalue weighted by Gasteiger charge is -2.13. The molecule has 4 nitrogen and oxygen atoms in total. The quantitative estimate of drug-likeness (QED) is 0.620. The van der Waals surface area contributed by atoms with E-state index < -0.39 is 16.4 Å². The third-order valence-electron chi connectivity index (χ3n) is 2.81. The summed E-state index contributed by atoms with van der Waals surface area (Å²) in [7, 11) is 3.90. The minimum absolute atomic E-state index is 0.311. The molecule has 0 saturated carbocycles. The number of nitrogens with zero attached hydrogens (tertiary/aromatic N) is 2. The Morgan fingerprint density at radius 2 is 1.81 bits per heavy atom. The van der Waals surface area contributed by atoms with Crippen LogP contribution in [-0.4, -0.2) is 23.9 Å². The molecular formula is C15H15FN2O2S. The Morgan fingerprint density at radius 1 is 1.14 bits per heavy atom. The Kier molecular flexibility index (Phi) is 4.93. The Labute approximate surface area is 126 Å². The normalized spacial score (nSPS) is 10.9. The third kappa shape index (κ3) is 3.80. The van der Waals surface area contributed by atoms with Crippen molar-refractivity contribution in [3.8, 4) is 0 Å². The second-order valence-corrected chi connectivity index (χ2v) is 5.88. The summed E-state index contributed by atoms with van der Waals surface area (Å²) >= 11 is 1.22. The molecule has 0 aliphatic rings. The van der Waals surface area contributed by atoms with Gasteiger partial charge >= 0.3 is 5.69 Å². The smallest absolute Gasteiger partial charge is 0.305 e. The van der Waals surface area contributed by atoms with Crippen molar-refractivity contribution in [2.75, 3.05) is 14.1 Å². The van der Waals surface area contributed by atoms with Gasteiger partial charge in [-0.1, -0.05) is 36.0 Å². The molecule has 0 aromatic heterocycles. The Balaban J connectivity index is 2.39. The Morgan fingerprint density at radius 3 is 2.48 bits per heavy atom. The van der Waals surface area contributed by atoms with Gasteiger partial charge in [-0.15, -0.1) is 0 Å². The molecule has 6 heteroatoms. The first kappa shape index (κ1) is 15.5. The largest absolute Gasteiger partial charge is 0.318 e. The predicted molar refractivity (Wildman–Crippen MR) is 81.0 cm³/mol. The van der Waals surface area contributed by atoms with Gasteiger partial charge in [-0.25, -0.2) is 0 Å². The van der Waals surface area contributed by atoms with Gasteiger partial charge in [-0.05, 0) is 37.9 Å². The predicted octanol–water partition coefficient (Wildman–Crippen LogP) is 3.95. The van der Waals surface area contributed by atoms with Crippen LogP contribution in [0.5, 0.6) is 0 Å². The maximum Gasteiger partial charge on any atom is 0.318 e. The van der Waals surface area contributed by atoms with E-state index >= 15 is 0 Å². The van der Waals surface area contributed by atoms with E-state index in [2.05, 4.69) is 0 Å². The monoisotopic (exact) mass is 306 g/mol. The first-order chi connectivity index (χ1) is 9.99. The van der Waals surface area contributed by atoms with E-state index in [-0.39, 0.29) is 0 Å². The van der Waals surface area contributed by atoms with Gasteiger partial charge in [0.25, 0.3) is 0 Å². The molecule has 0 atom stereocenters. The molecule has 0 unspecified atom stereocenters. The van der Waals surface area contributed by atoms with Gasteiger partial charge in [0.1, 0.15) is 0 Å². The van der Waals surface area contributed by atoms with Crippen molar-refractivity contribution < 1.29 is 9.31 Å². The minimum atomic E-state index is -0.810. The molecule has 2 rings (SSSR count). The van der Waals surface area contributed by atoms with Crippen LogP contribution in [0, 0.1) is 15.9 Å². The summed E-state index contributed by atoms with van der Waals surface area (Å²) < 4.78 is 13.7. The van der Waals surface area contributed by atoms with Gasteiger partial charge in [0, 0.05) is 11.4 Å². The summed E-state index contributed by atoms with van der Waals surface area (Å²) in [6.07, 6.45) is 0. The Bertz CT molecular complexity index is 662. The number of rotatable bonds is 5. The number of hydrogen-bond acceptors (Lipinski definition) is 4. The Hall–Kier alpha value is -1.92. The van der Waals surface area contributed by atoms with Crippen LogP contribution in [0.2, 0.25) is 0 Å². The second-order valence-electron chi connectivity index (χ2n) is 4.79. The summed E-state index contributed by atoms with van der Waals surface area (Å²) in [5, 5.41) is 11.0. The fourth-order valence-electron chi connectivity index (χ4n) is 1.95. The summed E-state index contributed by atoms with van der Waals surface area (Å²) in [5.74, 6) is -0.810. The molecular weight excluding hydrogens is 291 g/mol. The van der Waals surface area contributed by atoms with Crippen LogP contribution in [-0.2, 0) is 6.54 Å². The van der Waals surface area contributed by atoms with E-state index in [1.807, 2.05) is 43.3 Å². The molecule has 0 N–H and O–H groups in total. The maximum atomic E-state index is 13.7. The number of halogens is 1. The van der Waals surface area contributed by atoms with Gasteiger partial charge in [-0.3, -0.25) is 10.1 Å². The van der Waals surface area contributed by atoms with Gasteiger partial charge in [-0.2, -0.15) is 4.39 Å². The molecule has 0 spiro atoms. The van der Waals surface area contributed by atoms with Crippen LogP contribution in [0.4, 0.5) is 10.1 Å². The van der Waals surface area contributed by atoms with Gasteiger partial charge in [0.2, 0.25) is 5.82 Å². The maximum absolute atomic E-state index is 13.7. The summed E-state index contributed by atoms with van der Waals surface area (Å²) in [5.41, 5.74) is 0.577. The highest BCUT2D eigenvalue weighted by atomic mass is 32.2. The average Bonchev–Trinajstić information content (AvgIpc) is 2.40. The van der Waals surface area contributed by atoms with Crippen LogP contribution in [0.25, 0.3) is 0 Å². The lowest BCUT2D eigenvalue weighted by Crippen LogP contribution is -2.11. The van der Waals surface area contributed by atoms with E-state index in [1.165, 1.54) is 17.8 Å². The van der Waals surface area contributed by atoms with E-state index in [4.69, 9.17) is 0 Å². The lowest BCUT2D eigenvalue weighted by molar-refractivity contribution is -0.390. The molecule has 0 saturated heterocycles. The fourth-order valence-corrected chi connectivity index (χ4v) is 3.01. The first-order valence-corrected chi connectivity index (χ1v) is 7.14. The highest BCUT2D eigenvalue weighted by molar-refractivity contribution is 7.99. The average molecular weight is 306 g/mol. The molecule has 110 valence electrons. The van der Waals surface area contributed by atoms with Crippen molar-refractivity contribution in [1.29, 1.82) is 0 Å². The van der Waals surface area contributed by atoms with Crippen molar-refractivity contribution in [2.45, 2.75) is 16.3 Å². The summed E-state index contributed by atoms with van der Waals surface area (Å²) in [4.78, 5) is 13.6. The number of nitro benzene ring substituents is 1. The molecule has 0 bridgehead atoms. The molecule has 0 amide bonds.